The predicted molar refractivity (Wildman–Crippen MR) is 84.5 cm³/mol. The number of halogens is 1. The summed E-state index contributed by atoms with van der Waals surface area (Å²) in [5.41, 5.74) is 0.653. The number of amides is 2. The molecule has 1 aromatic rings. The Bertz CT molecular complexity index is 513. The molecule has 2 amide bonds. The van der Waals surface area contributed by atoms with E-state index in [0.717, 1.165) is 12.8 Å². The fraction of sp³-hybridized carbons (Fsp3) is 0.500. The molecule has 1 saturated carbocycles. The van der Waals surface area contributed by atoms with Crippen molar-refractivity contribution < 1.29 is 9.59 Å². The van der Waals surface area contributed by atoms with E-state index in [-0.39, 0.29) is 11.8 Å². The van der Waals surface area contributed by atoms with Crippen LogP contribution in [0, 0.1) is 0 Å². The number of anilines is 1. The highest BCUT2D eigenvalue weighted by molar-refractivity contribution is 6.33. The third-order valence-corrected chi connectivity index (χ3v) is 4.13. The SMILES string of the molecule is CC(=O)N(CCC(=O)NC1CCCC1)c1ccccc1Cl. The molecule has 1 fully saturated rings. The van der Waals surface area contributed by atoms with Crippen molar-refractivity contribution in [3.63, 3.8) is 0 Å². The number of hydrogen-bond donors (Lipinski definition) is 1. The first-order chi connectivity index (χ1) is 10.1. The van der Waals surface area contributed by atoms with E-state index in [1.54, 1.807) is 17.0 Å². The molecule has 1 aromatic carbocycles. The van der Waals surface area contributed by atoms with Crippen LogP contribution in [0.15, 0.2) is 24.3 Å². The summed E-state index contributed by atoms with van der Waals surface area (Å²) in [5.74, 6) is -0.114. The van der Waals surface area contributed by atoms with Crippen LogP contribution < -0.4 is 10.2 Å². The van der Waals surface area contributed by atoms with Crippen LogP contribution >= 0.6 is 11.6 Å². The first kappa shape index (κ1) is 15.8. The summed E-state index contributed by atoms with van der Waals surface area (Å²) in [6.45, 7) is 1.83. The average Bonchev–Trinajstić information content (AvgIpc) is 2.93. The van der Waals surface area contributed by atoms with E-state index in [2.05, 4.69) is 5.32 Å². The van der Waals surface area contributed by atoms with Gasteiger partial charge in [0.15, 0.2) is 0 Å². The Labute approximate surface area is 130 Å². The summed E-state index contributed by atoms with van der Waals surface area (Å²) in [7, 11) is 0. The second-order valence-corrected chi connectivity index (χ2v) is 5.83. The van der Waals surface area contributed by atoms with Crippen molar-refractivity contribution in [3.8, 4) is 0 Å². The van der Waals surface area contributed by atoms with E-state index in [4.69, 9.17) is 11.6 Å². The molecule has 0 aliphatic heterocycles. The Morgan fingerprint density at radius 2 is 1.95 bits per heavy atom. The van der Waals surface area contributed by atoms with Gasteiger partial charge in [-0.2, -0.15) is 0 Å². The maximum absolute atomic E-state index is 12.0. The fourth-order valence-electron chi connectivity index (χ4n) is 2.70. The smallest absolute Gasteiger partial charge is 0.223 e. The number of nitrogens with zero attached hydrogens (tertiary/aromatic N) is 1. The largest absolute Gasteiger partial charge is 0.353 e. The first-order valence-electron chi connectivity index (χ1n) is 7.40. The second-order valence-electron chi connectivity index (χ2n) is 5.42. The second kappa shape index (κ2) is 7.46. The van der Waals surface area contributed by atoms with Crippen molar-refractivity contribution in [3.05, 3.63) is 29.3 Å². The van der Waals surface area contributed by atoms with E-state index >= 15 is 0 Å². The number of benzene rings is 1. The first-order valence-corrected chi connectivity index (χ1v) is 7.77. The molecule has 0 aromatic heterocycles. The van der Waals surface area contributed by atoms with Gasteiger partial charge in [-0.05, 0) is 25.0 Å². The van der Waals surface area contributed by atoms with Crippen molar-refractivity contribution in [2.24, 2.45) is 0 Å². The zero-order valence-electron chi connectivity index (χ0n) is 12.3. The Morgan fingerprint density at radius 1 is 1.29 bits per heavy atom. The quantitative estimate of drug-likeness (QED) is 0.908. The number of hydrogen-bond acceptors (Lipinski definition) is 2. The lowest BCUT2D eigenvalue weighted by atomic mass is 10.2. The summed E-state index contributed by atoms with van der Waals surface area (Å²) >= 11 is 6.12. The van der Waals surface area contributed by atoms with Crippen LogP contribution in [-0.2, 0) is 9.59 Å². The van der Waals surface area contributed by atoms with Crippen molar-refractivity contribution >= 4 is 29.1 Å². The van der Waals surface area contributed by atoms with E-state index in [1.165, 1.54) is 19.8 Å². The van der Waals surface area contributed by atoms with E-state index in [9.17, 15) is 9.59 Å². The zero-order chi connectivity index (χ0) is 15.2. The molecular weight excluding hydrogens is 288 g/mol. The maximum Gasteiger partial charge on any atom is 0.223 e. The lowest BCUT2D eigenvalue weighted by Crippen LogP contribution is -2.37. The highest BCUT2D eigenvalue weighted by Crippen LogP contribution is 2.25. The highest BCUT2D eigenvalue weighted by atomic mass is 35.5. The summed E-state index contributed by atoms with van der Waals surface area (Å²) < 4.78 is 0. The zero-order valence-corrected chi connectivity index (χ0v) is 13.0. The Balaban J connectivity index is 1.93. The molecule has 114 valence electrons. The van der Waals surface area contributed by atoms with Gasteiger partial charge in [0, 0.05) is 25.9 Å². The summed E-state index contributed by atoms with van der Waals surface area (Å²) in [4.78, 5) is 25.3. The van der Waals surface area contributed by atoms with Crippen LogP contribution in [0.1, 0.15) is 39.0 Å². The normalized spacial score (nSPS) is 15.0. The lowest BCUT2D eigenvalue weighted by Gasteiger charge is -2.22. The molecule has 0 saturated heterocycles. The average molecular weight is 309 g/mol. The van der Waals surface area contributed by atoms with Gasteiger partial charge in [-0.3, -0.25) is 9.59 Å². The number of nitrogens with one attached hydrogen (secondary N) is 1. The Hall–Kier alpha value is -1.55. The molecule has 1 N–H and O–H groups in total. The van der Waals surface area contributed by atoms with Crippen molar-refractivity contribution in [2.45, 2.75) is 45.1 Å². The van der Waals surface area contributed by atoms with Gasteiger partial charge in [0.05, 0.1) is 10.7 Å². The highest BCUT2D eigenvalue weighted by Gasteiger charge is 2.19. The molecule has 0 radical (unpaired) electrons. The van der Waals surface area contributed by atoms with Crippen molar-refractivity contribution in [1.29, 1.82) is 0 Å². The van der Waals surface area contributed by atoms with E-state index in [0.29, 0.717) is 29.7 Å². The molecule has 0 unspecified atom stereocenters. The van der Waals surface area contributed by atoms with Crippen LogP contribution in [-0.4, -0.2) is 24.4 Å². The fourth-order valence-corrected chi connectivity index (χ4v) is 2.94. The van der Waals surface area contributed by atoms with Gasteiger partial charge in [0.2, 0.25) is 11.8 Å². The van der Waals surface area contributed by atoms with Gasteiger partial charge >= 0.3 is 0 Å². The Kier molecular flexibility index (Phi) is 5.62. The number of rotatable bonds is 5. The van der Waals surface area contributed by atoms with Crippen molar-refractivity contribution in [2.75, 3.05) is 11.4 Å². The van der Waals surface area contributed by atoms with Gasteiger partial charge in [-0.25, -0.2) is 0 Å². The molecule has 0 spiro atoms. The van der Waals surface area contributed by atoms with Crippen molar-refractivity contribution in [1.82, 2.24) is 5.32 Å². The summed E-state index contributed by atoms with van der Waals surface area (Å²) in [6.07, 6.45) is 4.79. The lowest BCUT2D eigenvalue weighted by molar-refractivity contribution is -0.121. The summed E-state index contributed by atoms with van der Waals surface area (Å²) in [6, 6.07) is 7.49. The minimum atomic E-state index is -0.114. The molecule has 2 rings (SSSR count). The van der Waals surface area contributed by atoms with E-state index < -0.39 is 0 Å². The van der Waals surface area contributed by atoms with Gasteiger partial charge in [-0.1, -0.05) is 36.6 Å². The minimum Gasteiger partial charge on any atom is -0.353 e. The molecule has 21 heavy (non-hydrogen) atoms. The van der Waals surface area contributed by atoms with Crippen LogP contribution in [0.2, 0.25) is 5.02 Å². The van der Waals surface area contributed by atoms with Gasteiger partial charge < -0.3 is 10.2 Å². The predicted octanol–water partition coefficient (Wildman–Crippen LogP) is 3.14. The number of carbonyl (C=O) groups is 2. The monoisotopic (exact) mass is 308 g/mol. The van der Waals surface area contributed by atoms with Crippen LogP contribution in [0.3, 0.4) is 0 Å². The molecule has 1 aliphatic carbocycles. The third-order valence-electron chi connectivity index (χ3n) is 3.81. The number of para-hydroxylation sites is 1. The minimum absolute atomic E-state index is 0.000188. The van der Waals surface area contributed by atoms with Gasteiger partial charge in [0.25, 0.3) is 0 Å². The Morgan fingerprint density at radius 3 is 2.57 bits per heavy atom. The van der Waals surface area contributed by atoms with Gasteiger partial charge in [0.1, 0.15) is 0 Å². The summed E-state index contributed by atoms with van der Waals surface area (Å²) in [5, 5.41) is 3.55. The topological polar surface area (TPSA) is 49.4 Å². The molecule has 0 heterocycles. The van der Waals surface area contributed by atoms with E-state index in [1.807, 2.05) is 12.1 Å². The molecule has 4 nitrogen and oxygen atoms in total. The molecule has 0 atom stereocenters. The molecule has 1 aliphatic rings. The molecule has 0 bridgehead atoms. The molecular formula is C16H21ClN2O2. The third kappa shape index (κ3) is 4.46. The number of carbonyl (C=O) groups excluding carboxylic acids is 2. The van der Waals surface area contributed by atoms with Crippen LogP contribution in [0.5, 0.6) is 0 Å². The van der Waals surface area contributed by atoms with Gasteiger partial charge in [-0.15, -0.1) is 0 Å². The standard InChI is InChI=1S/C16H21ClN2O2/c1-12(20)19(15-9-5-4-8-14(15)17)11-10-16(21)18-13-6-2-3-7-13/h4-5,8-9,13H,2-3,6-7,10-11H2,1H3,(H,18,21). The van der Waals surface area contributed by atoms with Crippen LogP contribution in [0.4, 0.5) is 5.69 Å². The molecule has 5 heteroatoms. The van der Waals surface area contributed by atoms with Crippen LogP contribution in [0.25, 0.3) is 0 Å². The maximum atomic E-state index is 12.0.